The number of hydroxylamine groups is 2. The van der Waals surface area contributed by atoms with Gasteiger partial charge in [-0.25, -0.2) is 5.06 Å². The Kier molecular flexibility index (Phi) is 11.3. The molecule has 0 unspecified atom stereocenters. The lowest BCUT2D eigenvalue weighted by molar-refractivity contribution is -0.122. The summed E-state index contributed by atoms with van der Waals surface area (Å²) in [5.41, 5.74) is 5.34. The van der Waals surface area contributed by atoms with E-state index < -0.39 is 0 Å². The molecule has 1 fully saturated rings. The van der Waals surface area contributed by atoms with E-state index in [1.54, 1.807) is 4.90 Å². The van der Waals surface area contributed by atoms with Gasteiger partial charge < -0.3 is 4.84 Å². The Labute approximate surface area is 215 Å². The number of carbonyl (C=O) groups excluding carboxylic acids is 1. The number of hydrogen-bond donors (Lipinski definition) is 0. The molecule has 3 rings (SSSR count). The van der Waals surface area contributed by atoms with Crippen LogP contribution >= 0.6 is 24.0 Å². The van der Waals surface area contributed by atoms with E-state index in [4.69, 9.17) is 17.1 Å². The number of carbonyl (C=O) groups is 1. The molecular formula is C28H38N2O2S2. The molecule has 4 nitrogen and oxygen atoms in total. The zero-order chi connectivity index (χ0) is 24.2. The van der Waals surface area contributed by atoms with Crippen LogP contribution in [-0.2, 0) is 4.79 Å². The fraction of sp³-hybridized carbons (Fsp3) is 0.536. The zero-order valence-electron chi connectivity index (χ0n) is 20.7. The number of benzene rings is 1. The van der Waals surface area contributed by atoms with Crippen LogP contribution in [0.1, 0.15) is 90.0 Å². The van der Waals surface area contributed by atoms with E-state index in [0.29, 0.717) is 15.6 Å². The molecule has 0 radical (unpaired) electrons. The molecule has 1 aromatic carbocycles. The number of thioether (sulfide) groups is 1. The van der Waals surface area contributed by atoms with Crippen LogP contribution in [0.15, 0.2) is 47.1 Å². The monoisotopic (exact) mass is 498 g/mol. The van der Waals surface area contributed by atoms with Crippen LogP contribution in [-0.4, -0.2) is 33.3 Å². The van der Waals surface area contributed by atoms with Crippen molar-refractivity contribution in [2.75, 3.05) is 13.1 Å². The molecule has 2 heterocycles. The first kappa shape index (κ1) is 26.6. The number of para-hydroxylation sites is 1. The van der Waals surface area contributed by atoms with Gasteiger partial charge >= 0.3 is 0 Å². The van der Waals surface area contributed by atoms with Crippen molar-refractivity contribution in [3.05, 3.63) is 52.6 Å². The van der Waals surface area contributed by atoms with Crippen molar-refractivity contribution in [1.29, 1.82) is 0 Å². The van der Waals surface area contributed by atoms with Crippen molar-refractivity contribution in [3.8, 4) is 5.75 Å². The van der Waals surface area contributed by atoms with E-state index in [2.05, 4.69) is 31.7 Å². The van der Waals surface area contributed by atoms with Crippen LogP contribution in [0.4, 0.5) is 0 Å². The second-order valence-corrected chi connectivity index (χ2v) is 10.4. The fourth-order valence-electron chi connectivity index (χ4n) is 4.26. The summed E-state index contributed by atoms with van der Waals surface area (Å²) in [6.07, 6.45) is 17.5. The largest absolute Gasteiger partial charge is 0.379 e. The Bertz CT molecular complexity index is 934. The molecule has 0 N–H and O–H groups in total. The van der Waals surface area contributed by atoms with Gasteiger partial charge in [-0.15, -0.1) is 5.73 Å². The topological polar surface area (TPSA) is 32.8 Å². The molecule has 1 amide bonds. The number of hydrogen-bond acceptors (Lipinski definition) is 5. The number of fused-ring (bicyclic) bond motifs is 1. The number of nitrogens with zero attached hydrogens (tertiary/aromatic N) is 2. The summed E-state index contributed by atoms with van der Waals surface area (Å²) < 4.78 is 0.658. The summed E-state index contributed by atoms with van der Waals surface area (Å²) in [4.78, 5) is 21.0. The SMILES string of the molecule is CCCCCCCCCCCCN1C(=O)C(=C=CCC=C2c3ccccc3ON2CC)SC1=S. The highest BCUT2D eigenvalue weighted by Crippen LogP contribution is 2.36. The summed E-state index contributed by atoms with van der Waals surface area (Å²) in [6.45, 7) is 5.81. The zero-order valence-corrected chi connectivity index (χ0v) is 22.3. The van der Waals surface area contributed by atoms with Gasteiger partial charge in [0.25, 0.3) is 5.91 Å². The van der Waals surface area contributed by atoms with Gasteiger partial charge in [0.05, 0.1) is 12.2 Å². The van der Waals surface area contributed by atoms with E-state index in [0.717, 1.165) is 42.9 Å². The van der Waals surface area contributed by atoms with E-state index in [1.807, 2.05) is 29.3 Å². The first-order valence-corrected chi connectivity index (χ1v) is 14.1. The summed E-state index contributed by atoms with van der Waals surface area (Å²) in [7, 11) is 0. The van der Waals surface area contributed by atoms with E-state index >= 15 is 0 Å². The van der Waals surface area contributed by atoms with Crippen molar-refractivity contribution in [1.82, 2.24) is 9.96 Å². The maximum atomic E-state index is 12.8. The van der Waals surface area contributed by atoms with E-state index in [1.165, 1.54) is 63.1 Å². The molecule has 0 spiro atoms. The molecule has 0 bridgehead atoms. The first-order valence-electron chi connectivity index (χ1n) is 12.9. The second-order valence-electron chi connectivity index (χ2n) is 8.79. The van der Waals surface area contributed by atoms with E-state index in [9.17, 15) is 4.79 Å². The predicted molar refractivity (Wildman–Crippen MR) is 147 cm³/mol. The molecule has 1 aromatic rings. The van der Waals surface area contributed by atoms with Crippen LogP contribution < -0.4 is 4.84 Å². The minimum atomic E-state index is -0.000410. The Morgan fingerprint density at radius 2 is 1.68 bits per heavy atom. The van der Waals surface area contributed by atoms with Crippen molar-refractivity contribution in [2.24, 2.45) is 0 Å². The molecule has 2 aliphatic rings. The lowest BCUT2D eigenvalue weighted by Gasteiger charge is -2.15. The minimum Gasteiger partial charge on any atom is -0.379 e. The van der Waals surface area contributed by atoms with Gasteiger partial charge in [-0.05, 0) is 49.7 Å². The molecule has 0 aromatic heterocycles. The summed E-state index contributed by atoms with van der Waals surface area (Å²) in [5, 5.41) is 1.89. The third kappa shape index (κ3) is 7.49. The molecule has 2 aliphatic heterocycles. The standard InChI is InChI=1S/C28H38N2O2S2/c1-3-5-6-7-8-9-10-11-12-17-22-29-27(31)26(34-28(29)33)21-16-14-19-24-23-18-13-15-20-25(23)32-30(24)4-2/h13,15-16,18-20H,3-12,14,17,22H2,1-2H3. The summed E-state index contributed by atoms with van der Waals surface area (Å²) in [5.74, 6) is 0.881. The second kappa shape index (κ2) is 14.4. The van der Waals surface area contributed by atoms with Crippen molar-refractivity contribution < 1.29 is 9.63 Å². The van der Waals surface area contributed by atoms with Gasteiger partial charge in [-0.3, -0.25) is 9.69 Å². The van der Waals surface area contributed by atoms with Crippen LogP contribution in [0.25, 0.3) is 5.70 Å². The van der Waals surface area contributed by atoms with Crippen LogP contribution in [0.5, 0.6) is 5.75 Å². The molecule has 34 heavy (non-hydrogen) atoms. The Balaban J connectivity index is 1.42. The molecule has 184 valence electrons. The Morgan fingerprint density at radius 3 is 2.38 bits per heavy atom. The van der Waals surface area contributed by atoms with E-state index in [-0.39, 0.29) is 5.91 Å². The van der Waals surface area contributed by atoms with Gasteiger partial charge in [-0.1, -0.05) is 95.1 Å². The number of allylic oxidation sites excluding steroid dienone is 1. The third-order valence-corrected chi connectivity index (χ3v) is 7.54. The maximum absolute atomic E-state index is 12.8. The van der Waals surface area contributed by atoms with Crippen molar-refractivity contribution in [2.45, 2.75) is 84.5 Å². The summed E-state index contributed by atoms with van der Waals surface area (Å²) in [6, 6.07) is 8.05. The van der Waals surface area contributed by atoms with Crippen LogP contribution in [0.2, 0.25) is 0 Å². The Morgan fingerprint density at radius 1 is 1.00 bits per heavy atom. The quantitative estimate of drug-likeness (QED) is 0.113. The Hall–Kier alpha value is -2.01. The highest BCUT2D eigenvalue weighted by molar-refractivity contribution is 8.26. The number of thiocarbonyl (C=S) groups is 1. The van der Waals surface area contributed by atoms with Crippen molar-refractivity contribution >= 4 is 39.9 Å². The van der Waals surface area contributed by atoms with Gasteiger partial charge in [-0.2, -0.15) is 0 Å². The highest BCUT2D eigenvalue weighted by atomic mass is 32.2. The molecular weight excluding hydrogens is 460 g/mol. The highest BCUT2D eigenvalue weighted by Gasteiger charge is 2.31. The summed E-state index contributed by atoms with van der Waals surface area (Å²) >= 11 is 6.83. The normalized spacial score (nSPS) is 16.3. The number of rotatable bonds is 14. The maximum Gasteiger partial charge on any atom is 0.274 e. The molecule has 6 heteroatoms. The van der Waals surface area contributed by atoms with Crippen LogP contribution in [0.3, 0.4) is 0 Å². The van der Waals surface area contributed by atoms with Gasteiger partial charge in [0.2, 0.25) is 0 Å². The number of unbranched alkanes of at least 4 members (excludes halogenated alkanes) is 9. The smallest absolute Gasteiger partial charge is 0.274 e. The fourth-order valence-corrected chi connectivity index (χ4v) is 5.48. The lowest BCUT2D eigenvalue weighted by Crippen LogP contribution is -2.28. The number of amides is 1. The average molecular weight is 499 g/mol. The van der Waals surface area contributed by atoms with Gasteiger partial charge in [0, 0.05) is 12.1 Å². The molecule has 0 aliphatic carbocycles. The van der Waals surface area contributed by atoms with Crippen molar-refractivity contribution in [3.63, 3.8) is 0 Å². The van der Waals surface area contributed by atoms with Gasteiger partial charge in [0.15, 0.2) is 5.75 Å². The van der Waals surface area contributed by atoms with Gasteiger partial charge in [0.1, 0.15) is 9.23 Å². The lowest BCUT2D eigenvalue weighted by atomic mass is 10.1. The average Bonchev–Trinajstić information content (AvgIpc) is 3.34. The minimum absolute atomic E-state index is 0.000410. The van der Waals surface area contributed by atoms with Crippen LogP contribution in [0, 0.1) is 0 Å². The molecule has 1 saturated heterocycles. The third-order valence-electron chi connectivity index (χ3n) is 6.17. The first-order chi connectivity index (χ1) is 16.7. The predicted octanol–water partition coefficient (Wildman–Crippen LogP) is 7.87. The molecule has 0 atom stereocenters. The molecule has 0 saturated carbocycles.